The maximum Gasteiger partial charge on any atom is 0.309 e. The maximum absolute atomic E-state index is 12.7. The van der Waals surface area contributed by atoms with Crippen LogP contribution in [0.25, 0.3) is 0 Å². The van der Waals surface area contributed by atoms with Crippen molar-refractivity contribution < 1.29 is 9.21 Å². The zero-order valence-electron chi connectivity index (χ0n) is 17.4. The molecule has 0 N–H and O–H groups in total. The molecule has 0 spiro atoms. The van der Waals surface area contributed by atoms with Gasteiger partial charge in [-0.15, -0.1) is 0 Å². The Labute approximate surface area is 167 Å². The smallest absolute Gasteiger partial charge is 0.309 e. The summed E-state index contributed by atoms with van der Waals surface area (Å²) >= 11 is 0. The molecule has 0 unspecified atom stereocenters. The van der Waals surface area contributed by atoms with E-state index in [9.17, 15) is 4.79 Å². The van der Waals surface area contributed by atoms with Crippen LogP contribution < -0.4 is 0 Å². The molecule has 2 heterocycles. The van der Waals surface area contributed by atoms with Gasteiger partial charge in [-0.3, -0.25) is 9.69 Å². The van der Waals surface area contributed by atoms with Gasteiger partial charge in [-0.2, -0.15) is 0 Å². The maximum atomic E-state index is 12.7. The van der Waals surface area contributed by atoms with Gasteiger partial charge in [-0.1, -0.05) is 45.0 Å². The summed E-state index contributed by atoms with van der Waals surface area (Å²) in [5.74, 6) is 2.32. The van der Waals surface area contributed by atoms with Gasteiger partial charge in [0.1, 0.15) is 5.76 Å². The second kappa shape index (κ2) is 7.70. The third-order valence-electron chi connectivity index (χ3n) is 6.26. The highest BCUT2D eigenvalue weighted by molar-refractivity contribution is 5.89. The lowest BCUT2D eigenvalue weighted by Crippen LogP contribution is -2.44. The van der Waals surface area contributed by atoms with Crippen molar-refractivity contribution >= 4 is 5.91 Å². The number of carbonyl (C=O) groups is 1. The zero-order valence-corrected chi connectivity index (χ0v) is 17.4. The van der Waals surface area contributed by atoms with Crippen LogP contribution in [-0.2, 0) is 19.5 Å². The molecular formula is C23H31N3O2. The van der Waals surface area contributed by atoms with Crippen LogP contribution in [0.15, 0.2) is 28.7 Å². The van der Waals surface area contributed by atoms with E-state index in [-0.39, 0.29) is 11.8 Å². The molecule has 1 aromatic carbocycles. The van der Waals surface area contributed by atoms with Gasteiger partial charge in [0.25, 0.3) is 5.89 Å². The minimum Gasteiger partial charge on any atom is -0.437 e. The number of fused-ring (bicyclic) bond motifs is 1. The predicted octanol–water partition coefficient (Wildman–Crippen LogP) is 4.23. The van der Waals surface area contributed by atoms with Gasteiger partial charge in [0.15, 0.2) is 0 Å². The van der Waals surface area contributed by atoms with Gasteiger partial charge >= 0.3 is 5.91 Å². The van der Waals surface area contributed by atoms with Crippen molar-refractivity contribution in [3.8, 4) is 0 Å². The summed E-state index contributed by atoms with van der Waals surface area (Å²) in [6, 6.07) is 9.21. The Morgan fingerprint density at radius 2 is 2.00 bits per heavy atom. The first-order valence-corrected chi connectivity index (χ1v) is 10.5. The molecule has 1 saturated carbocycles. The predicted molar refractivity (Wildman–Crippen MR) is 109 cm³/mol. The molecule has 0 saturated heterocycles. The van der Waals surface area contributed by atoms with Crippen LogP contribution in [0.1, 0.15) is 72.8 Å². The van der Waals surface area contributed by atoms with Crippen molar-refractivity contribution in [3.63, 3.8) is 0 Å². The number of oxazole rings is 1. The van der Waals surface area contributed by atoms with E-state index in [0.717, 1.165) is 50.4 Å². The molecular weight excluding hydrogens is 350 g/mol. The minimum atomic E-state index is -0.0814. The number of hydrogen-bond acceptors (Lipinski definition) is 4. The molecule has 4 rings (SSSR count). The Morgan fingerprint density at radius 1 is 1.29 bits per heavy atom. The van der Waals surface area contributed by atoms with E-state index in [2.05, 4.69) is 54.9 Å². The number of aromatic nitrogens is 1. The molecule has 5 heteroatoms. The summed E-state index contributed by atoms with van der Waals surface area (Å²) in [5, 5.41) is 0. The van der Waals surface area contributed by atoms with Gasteiger partial charge in [0, 0.05) is 39.1 Å². The quantitative estimate of drug-likeness (QED) is 0.778. The summed E-state index contributed by atoms with van der Waals surface area (Å²) in [7, 11) is 1.87. The topological polar surface area (TPSA) is 49.6 Å². The van der Waals surface area contributed by atoms with Gasteiger partial charge in [0.2, 0.25) is 0 Å². The highest BCUT2D eigenvalue weighted by atomic mass is 16.4. The number of benzene rings is 1. The summed E-state index contributed by atoms with van der Waals surface area (Å²) in [6.45, 7) is 9.22. The number of amides is 1. The van der Waals surface area contributed by atoms with Crippen LogP contribution >= 0.6 is 0 Å². The molecule has 2 aliphatic rings. The highest BCUT2D eigenvalue weighted by Gasteiger charge is 2.34. The molecule has 5 nitrogen and oxygen atoms in total. The lowest BCUT2D eigenvalue weighted by atomic mass is 9.81. The van der Waals surface area contributed by atoms with Gasteiger partial charge in [-0.25, -0.2) is 4.98 Å². The van der Waals surface area contributed by atoms with Gasteiger partial charge in [0.05, 0.1) is 5.69 Å². The Morgan fingerprint density at radius 3 is 2.64 bits per heavy atom. The van der Waals surface area contributed by atoms with Crippen molar-refractivity contribution in [2.75, 3.05) is 13.6 Å². The third-order valence-corrected chi connectivity index (χ3v) is 6.26. The fraction of sp³-hybridized carbons (Fsp3) is 0.565. The lowest BCUT2D eigenvalue weighted by Gasteiger charge is -2.38. The fourth-order valence-electron chi connectivity index (χ4n) is 4.24. The molecule has 1 fully saturated rings. The Balaban J connectivity index is 1.39. The van der Waals surface area contributed by atoms with Crippen molar-refractivity contribution in [3.05, 3.63) is 52.7 Å². The van der Waals surface area contributed by atoms with E-state index < -0.39 is 0 Å². The molecule has 0 radical (unpaired) electrons. The van der Waals surface area contributed by atoms with Crippen LogP contribution in [0.5, 0.6) is 0 Å². The van der Waals surface area contributed by atoms with E-state index in [1.54, 1.807) is 0 Å². The SMILES string of the molecule is CC1CC(N(C)C(=O)c2nc3c(o2)CCN(Cc2ccc(C(C)C)cc2)C3)C1. The number of carbonyl (C=O) groups excluding carboxylic acids is 1. The zero-order chi connectivity index (χ0) is 19.8. The Kier molecular flexibility index (Phi) is 5.28. The van der Waals surface area contributed by atoms with Gasteiger partial charge < -0.3 is 9.32 Å². The average molecular weight is 382 g/mol. The number of nitrogens with zero attached hydrogens (tertiary/aromatic N) is 3. The standard InChI is InChI=1S/C23H31N3O2/c1-15(2)18-7-5-17(6-8-18)13-26-10-9-21-20(14-26)24-22(28-21)23(27)25(4)19-11-16(3)12-19/h5-8,15-16,19H,9-14H2,1-4H3. The summed E-state index contributed by atoms with van der Waals surface area (Å²) < 4.78 is 5.85. The van der Waals surface area contributed by atoms with Crippen LogP contribution in [-0.4, -0.2) is 40.3 Å². The number of rotatable bonds is 5. The first-order valence-electron chi connectivity index (χ1n) is 10.5. The minimum absolute atomic E-state index is 0.0814. The van der Waals surface area contributed by atoms with E-state index in [0.29, 0.717) is 17.9 Å². The molecule has 150 valence electrons. The van der Waals surface area contributed by atoms with Crippen molar-refractivity contribution in [2.45, 2.75) is 65.1 Å². The molecule has 1 aliphatic heterocycles. The van der Waals surface area contributed by atoms with Crippen LogP contribution in [0.4, 0.5) is 0 Å². The monoisotopic (exact) mass is 381 g/mol. The molecule has 1 aromatic heterocycles. The van der Waals surface area contributed by atoms with Crippen LogP contribution in [0.3, 0.4) is 0 Å². The summed E-state index contributed by atoms with van der Waals surface area (Å²) in [4.78, 5) is 21.5. The van der Waals surface area contributed by atoms with E-state index in [4.69, 9.17) is 4.42 Å². The number of hydrogen-bond donors (Lipinski definition) is 0. The molecule has 2 aromatic rings. The second-order valence-corrected chi connectivity index (χ2v) is 8.89. The first-order chi connectivity index (χ1) is 13.4. The average Bonchev–Trinajstić information content (AvgIpc) is 3.08. The molecule has 1 amide bonds. The van der Waals surface area contributed by atoms with Crippen LogP contribution in [0, 0.1) is 5.92 Å². The van der Waals surface area contributed by atoms with Crippen LogP contribution in [0.2, 0.25) is 0 Å². The van der Waals surface area contributed by atoms with Crippen molar-refractivity contribution in [2.24, 2.45) is 5.92 Å². The second-order valence-electron chi connectivity index (χ2n) is 8.89. The lowest BCUT2D eigenvalue weighted by molar-refractivity contribution is 0.0531. The highest BCUT2D eigenvalue weighted by Crippen LogP contribution is 2.31. The fourth-order valence-corrected chi connectivity index (χ4v) is 4.24. The van der Waals surface area contributed by atoms with E-state index >= 15 is 0 Å². The Hall–Kier alpha value is -2.14. The van der Waals surface area contributed by atoms with E-state index in [1.165, 1.54) is 11.1 Å². The Bertz CT molecular complexity index is 834. The van der Waals surface area contributed by atoms with E-state index in [1.807, 2.05) is 11.9 Å². The van der Waals surface area contributed by atoms with Gasteiger partial charge in [-0.05, 0) is 35.8 Å². The molecule has 1 aliphatic carbocycles. The van der Waals surface area contributed by atoms with Crippen molar-refractivity contribution in [1.29, 1.82) is 0 Å². The first kappa shape index (κ1) is 19.2. The molecule has 0 bridgehead atoms. The summed E-state index contributed by atoms with van der Waals surface area (Å²) in [5.41, 5.74) is 3.60. The normalized spacial score (nSPS) is 22.0. The molecule has 0 atom stereocenters. The summed E-state index contributed by atoms with van der Waals surface area (Å²) in [6.07, 6.45) is 2.96. The van der Waals surface area contributed by atoms with Crippen molar-refractivity contribution in [1.82, 2.24) is 14.8 Å². The third kappa shape index (κ3) is 3.86. The largest absolute Gasteiger partial charge is 0.437 e. The molecule has 28 heavy (non-hydrogen) atoms.